The van der Waals surface area contributed by atoms with Gasteiger partial charge in [0.2, 0.25) is 0 Å². The number of fused-ring (bicyclic) bond motifs is 1. The van der Waals surface area contributed by atoms with Gasteiger partial charge < -0.3 is 0 Å². The maximum atomic E-state index is 5.30. The molecule has 3 heteroatoms. The minimum absolute atomic E-state index is 0. The minimum atomic E-state index is 0. The van der Waals surface area contributed by atoms with E-state index in [4.69, 9.17) is 5.84 Å². The molecule has 3 N–H and O–H groups in total. The summed E-state index contributed by atoms with van der Waals surface area (Å²) in [6, 6.07) is 14.5. The lowest BCUT2D eigenvalue weighted by Crippen LogP contribution is -2.20. The van der Waals surface area contributed by atoms with Crippen molar-refractivity contribution >= 4 is 34.7 Å². The van der Waals surface area contributed by atoms with Crippen molar-refractivity contribution in [1.29, 1.82) is 0 Å². The molecule has 0 aromatic heterocycles. The van der Waals surface area contributed by atoms with Crippen LogP contribution in [0.25, 0.3) is 10.8 Å². The molecular weight excluding hydrogens is 287 g/mol. The van der Waals surface area contributed by atoms with Crippen molar-refractivity contribution in [3.63, 3.8) is 0 Å². The summed E-state index contributed by atoms with van der Waals surface area (Å²) in [6.45, 7) is 0.710. The summed E-state index contributed by atoms with van der Waals surface area (Å²) < 4.78 is 0. The van der Waals surface area contributed by atoms with Gasteiger partial charge in [0.1, 0.15) is 0 Å². The van der Waals surface area contributed by atoms with Crippen molar-refractivity contribution in [2.24, 2.45) is 5.84 Å². The third-order valence-electron chi connectivity index (χ3n) is 2.17. The molecule has 14 heavy (non-hydrogen) atoms. The van der Waals surface area contributed by atoms with Gasteiger partial charge in [-0.15, -0.1) is 24.0 Å². The van der Waals surface area contributed by atoms with E-state index in [1.807, 2.05) is 12.1 Å². The predicted molar refractivity (Wildman–Crippen MR) is 70.4 cm³/mol. The highest BCUT2D eigenvalue weighted by Gasteiger charge is 1.97. The summed E-state index contributed by atoms with van der Waals surface area (Å²) in [7, 11) is 0. The third kappa shape index (κ3) is 2.23. The first-order valence-corrected chi connectivity index (χ1v) is 4.32. The first kappa shape index (κ1) is 11.4. The Morgan fingerprint density at radius 3 is 2.50 bits per heavy atom. The zero-order valence-electron chi connectivity index (χ0n) is 7.73. The van der Waals surface area contributed by atoms with Crippen LogP contribution in [-0.4, -0.2) is 0 Å². The Kier molecular flexibility index (Phi) is 4.31. The van der Waals surface area contributed by atoms with E-state index < -0.39 is 0 Å². The van der Waals surface area contributed by atoms with E-state index >= 15 is 0 Å². The van der Waals surface area contributed by atoms with E-state index in [9.17, 15) is 0 Å². The number of benzene rings is 2. The highest BCUT2D eigenvalue weighted by Crippen LogP contribution is 2.17. The number of nitrogens with two attached hydrogens (primary N) is 1. The van der Waals surface area contributed by atoms with Crippen LogP contribution in [0.3, 0.4) is 0 Å². The molecule has 0 bridgehead atoms. The number of hydrogen-bond acceptors (Lipinski definition) is 2. The standard InChI is InChI=1S/C11H12N2.HI/c12-13-8-10-6-3-5-9-4-1-2-7-11(9)10;/h1-7,13H,8,12H2;1H. The molecule has 0 aliphatic carbocycles. The molecular formula is C11H13IN2. The van der Waals surface area contributed by atoms with Gasteiger partial charge in [0.05, 0.1) is 0 Å². The Morgan fingerprint density at radius 1 is 1.00 bits per heavy atom. The number of hydrazine groups is 1. The lowest BCUT2D eigenvalue weighted by Gasteiger charge is -2.04. The van der Waals surface area contributed by atoms with Gasteiger partial charge in [-0.25, -0.2) is 0 Å². The van der Waals surface area contributed by atoms with Crippen molar-refractivity contribution in [3.05, 3.63) is 48.0 Å². The van der Waals surface area contributed by atoms with E-state index in [0.717, 1.165) is 0 Å². The second kappa shape index (κ2) is 5.29. The van der Waals surface area contributed by atoms with Gasteiger partial charge in [-0.05, 0) is 16.3 Å². The van der Waals surface area contributed by atoms with Crippen molar-refractivity contribution in [2.45, 2.75) is 6.54 Å². The number of hydrogen-bond donors (Lipinski definition) is 2. The maximum Gasteiger partial charge on any atom is 0.0354 e. The zero-order valence-corrected chi connectivity index (χ0v) is 10.1. The summed E-state index contributed by atoms with van der Waals surface area (Å²) in [5, 5.41) is 2.53. The maximum absolute atomic E-state index is 5.30. The van der Waals surface area contributed by atoms with Crippen molar-refractivity contribution in [3.8, 4) is 0 Å². The van der Waals surface area contributed by atoms with E-state index in [0.29, 0.717) is 6.54 Å². The average Bonchev–Trinajstić information content (AvgIpc) is 2.19. The second-order valence-electron chi connectivity index (χ2n) is 3.02. The Morgan fingerprint density at radius 2 is 1.71 bits per heavy atom. The molecule has 74 valence electrons. The predicted octanol–water partition coefficient (Wildman–Crippen LogP) is 2.42. The van der Waals surface area contributed by atoms with E-state index in [1.165, 1.54) is 16.3 Å². The van der Waals surface area contributed by atoms with Crippen LogP contribution in [0.1, 0.15) is 5.56 Å². The van der Waals surface area contributed by atoms with Crippen molar-refractivity contribution < 1.29 is 0 Å². The molecule has 0 fully saturated rings. The van der Waals surface area contributed by atoms with Crippen LogP contribution in [0.2, 0.25) is 0 Å². The fourth-order valence-electron chi connectivity index (χ4n) is 1.56. The summed E-state index contributed by atoms with van der Waals surface area (Å²) in [5.41, 5.74) is 3.91. The smallest absolute Gasteiger partial charge is 0.0354 e. The molecule has 0 saturated carbocycles. The molecule has 2 aromatic carbocycles. The molecule has 0 heterocycles. The Bertz CT molecular complexity index is 409. The van der Waals surface area contributed by atoms with Gasteiger partial charge in [0.25, 0.3) is 0 Å². The molecule has 2 rings (SSSR count). The SMILES string of the molecule is I.NNCc1cccc2ccccc12. The Hall–Kier alpha value is -0.650. The van der Waals surface area contributed by atoms with Crippen LogP contribution in [-0.2, 0) is 6.54 Å². The van der Waals surface area contributed by atoms with Crippen LogP contribution in [0.4, 0.5) is 0 Å². The third-order valence-corrected chi connectivity index (χ3v) is 2.17. The summed E-state index contributed by atoms with van der Waals surface area (Å²) in [6.07, 6.45) is 0. The van der Waals surface area contributed by atoms with Gasteiger partial charge in [0.15, 0.2) is 0 Å². The largest absolute Gasteiger partial charge is 0.271 e. The van der Waals surface area contributed by atoms with Gasteiger partial charge in [-0.1, -0.05) is 42.5 Å². The van der Waals surface area contributed by atoms with Crippen LogP contribution >= 0.6 is 24.0 Å². The molecule has 0 aliphatic rings. The molecule has 2 aromatic rings. The van der Waals surface area contributed by atoms with E-state index in [2.05, 4.69) is 35.8 Å². The monoisotopic (exact) mass is 300 g/mol. The van der Waals surface area contributed by atoms with Crippen LogP contribution < -0.4 is 11.3 Å². The summed E-state index contributed by atoms with van der Waals surface area (Å²) in [4.78, 5) is 0. The number of halogens is 1. The van der Waals surface area contributed by atoms with E-state index in [-0.39, 0.29) is 24.0 Å². The average molecular weight is 300 g/mol. The fraction of sp³-hybridized carbons (Fsp3) is 0.0909. The van der Waals surface area contributed by atoms with Crippen molar-refractivity contribution in [1.82, 2.24) is 5.43 Å². The molecule has 0 radical (unpaired) electrons. The Balaban J connectivity index is 0.000000980. The molecule has 0 unspecified atom stereocenters. The summed E-state index contributed by atoms with van der Waals surface area (Å²) >= 11 is 0. The van der Waals surface area contributed by atoms with Crippen LogP contribution in [0.5, 0.6) is 0 Å². The fourth-order valence-corrected chi connectivity index (χ4v) is 1.56. The van der Waals surface area contributed by atoms with Gasteiger partial charge >= 0.3 is 0 Å². The number of rotatable bonds is 2. The lowest BCUT2D eigenvalue weighted by molar-refractivity contribution is 0.745. The van der Waals surface area contributed by atoms with Gasteiger partial charge in [0, 0.05) is 6.54 Å². The second-order valence-corrected chi connectivity index (χ2v) is 3.02. The molecule has 0 saturated heterocycles. The number of nitrogens with one attached hydrogen (secondary N) is 1. The highest BCUT2D eigenvalue weighted by molar-refractivity contribution is 14.0. The molecule has 0 aliphatic heterocycles. The Labute approximate surface area is 100 Å². The van der Waals surface area contributed by atoms with Crippen molar-refractivity contribution in [2.75, 3.05) is 0 Å². The van der Waals surface area contributed by atoms with E-state index in [1.54, 1.807) is 0 Å². The molecule has 2 nitrogen and oxygen atoms in total. The first-order chi connectivity index (χ1) is 6.42. The molecule has 0 amide bonds. The van der Waals surface area contributed by atoms with Crippen LogP contribution in [0.15, 0.2) is 42.5 Å². The topological polar surface area (TPSA) is 38.0 Å². The lowest BCUT2D eigenvalue weighted by atomic mass is 10.1. The minimum Gasteiger partial charge on any atom is -0.271 e. The van der Waals surface area contributed by atoms with Crippen LogP contribution in [0, 0.1) is 0 Å². The van der Waals surface area contributed by atoms with Gasteiger partial charge in [-0.3, -0.25) is 11.3 Å². The first-order valence-electron chi connectivity index (χ1n) is 4.32. The summed E-state index contributed by atoms with van der Waals surface area (Å²) in [5.74, 6) is 5.30. The normalized spacial score (nSPS) is 9.79. The molecule has 0 spiro atoms. The highest BCUT2D eigenvalue weighted by atomic mass is 127. The van der Waals surface area contributed by atoms with Gasteiger partial charge in [-0.2, -0.15) is 0 Å². The molecule has 0 atom stereocenters. The quantitative estimate of drug-likeness (QED) is 0.508. The zero-order chi connectivity index (χ0) is 9.10.